The first-order valence-electron chi connectivity index (χ1n) is 25.0. The third-order valence-corrected chi connectivity index (χ3v) is 12.8. The minimum Gasteiger partial charge on any atom is -0.496 e. The summed E-state index contributed by atoms with van der Waals surface area (Å²) in [6.45, 7) is 17.5. The van der Waals surface area contributed by atoms with Crippen LogP contribution in [0.25, 0.3) is 22.5 Å². The number of hydrogen-bond donors (Lipinski definition) is 2. The van der Waals surface area contributed by atoms with E-state index in [1.54, 1.807) is 47.8 Å². The predicted molar refractivity (Wildman–Crippen MR) is 279 cm³/mol. The highest BCUT2D eigenvalue weighted by atomic mass is 16.5. The fourth-order valence-electron chi connectivity index (χ4n) is 8.18. The van der Waals surface area contributed by atoms with E-state index in [4.69, 9.17) is 38.6 Å². The number of esters is 2. The summed E-state index contributed by atoms with van der Waals surface area (Å²) >= 11 is 0. The van der Waals surface area contributed by atoms with Crippen LogP contribution in [0.1, 0.15) is 114 Å². The van der Waals surface area contributed by atoms with Crippen LogP contribution in [0.4, 0.5) is 0 Å². The number of ether oxygens (including phenoxy) is 6. The van der Waals surface area contributed by atoms with Crippen LogP contribution < -0.4 is 29.6 Å². The highest BCUT2D eigenvalue weighted by Crippen LogP contribution is 2.42. The zero-order valence-electron chi connectivity index (χ0n) is 46.1. The van der Waals surface area contributed by atoms with Gasteiger partial charge in [-0.1, -0.05) is 67.9 Å². The maximum atomic E-state index is 14.0. The smallest absolute Gasteiger partial charge is 0.325 e. The summed E-state index contributed by atoms with van der Waals surface area (Å²) in [4.78, 5) is 83.3. The molecule has 0 radical (unpaired) electrons. The van der Waals surface area contributed by atoms with E-state index in [0.717, 1.165) is 6.42 Å². The number of amides is 4. The van der Waals surface area contributed by atoms with Crippen LogP contribution in [0.3, 0.4) is 0 Å². The van der Waals surface area contributed by atoms with Crippen molar-refractivity contribution in [2.24, 2.45) is 23.7 Å². The Morgan fingerprint density at radius 2 is 1.08 bits per heavy atom. The number of hydrogen-bond acceptors (Lipinski definition) is 14. The quantitative estimate of drug-likeness (QED) is 0.0584. The van der Waals surface area contributed by atoms with Crippen LogP contribution in [0, 0.1) is 23.7 Å². The van der Waals surface area contributed by atoms with Crippen LogP contribution in [0.5, 0.6) is 23.0 Å². The molecule has 4 aromatic rings. The SMILES string of the molecule is CCC(C)Cn1nc(C(=O)N[C@@H](CC(C)C)C(=O)N(C)CC(=O)OCc2cc(OC)c(-c3cc(C(=O)N[C@@H](CC(C)C)C(=O)N(C)CC(=O)OC)nn3C(C)C(C)C)c(OC)c2)cc1-c1c(OC)cccc1OC. The van der Waals surface area contributed by atoms with E-state index in [-0.39, 0.29) is 60.7 Å². The summed E-state index contributed by atoms with van der Waals surface area (Å²) in [5, 5.41) is 15.2. The van der Waals surface area contributed by atoms with Gasteiger partial charge in [-0.2, -0.15) is 10.2 Å². The van der Waals surface area contributed by atoms with Gasteiger partial charge in [0.05, 0.1) is 64.1 Å². The van der Waals surface area contributed by atoms with Crippen molar-refractivity contribution in [2.75, 3.05) is 62.7 Å². The monoisotopic (exact) mass is 1030 g/mol. The standard InChI is InChI=1S/C54H78N8O12/c1-17-34(8)27-61-41(49-43(69-12)19-18-20-44(49)70-13)25-37(57-61)51(65)55-40(22-32(4)5)54(68)60(11)29-48(64)74-30-36-23-45(71-14)50(46(24-36)72-15)42-26-38(58-62(42)35(9)33(6)7)52(66)56-39(21-31(2)3)53(67)59(10)28-47(63)73-16/h18-20,23-26,31-35,39-40H,17,21-22,27-30H2,1-16H3,(H,55,65)(H,56,66)/t34?,35?,39-,40-/m0/s1. The number of aromatic nitrogens is 4. The summed E-state index contributed by atoms with van der Waals surface area (Å²) in [7, 11) is 10.2. The Morgan fingerprint density at radius 3 is 1.53 bits per heavy atom. The lowest BCUT2D eigenvalue weighted by Crippen LogP contribution is -2.49. The van der Waals surface area contributed by atoms with Gasteiger partial charge >= 0.3 is 11.9 Å². The van der Waals surface area contributed by atoms with Crippen molar-refractivity contribution in [1.82, 2.24) is 40.0 Å². The summed E-state index contributed by atoms with van der Waals surface area (Å²) in [6.07, 6.45) is 1.47. The van der Waals surface area contributed by atoms with Gasteiger partial charge in [0, 0.05) is 20.6 Å². The van der Waals surface area contributed by atoms with Crippen molar-refractivity contribution < 1.29 is 57.2 Å². The molecule has 20 heteroatoms. The Kier molecular flexibility index (Phi) is 21.9. The van der Waals surface area contributed by atoms with Crippen LogP contribution in [0.15, 0.2) is 42.5 Å². The van der Waals surface area contributed by atoms with E-state index in [1.807, 2.05) is 66.7 Å². The second-order valence-electron chi connectivity index (χ2n) is 19.8. The van der Waals surface area contributed by atoms with E-state index < -0.39 is 54.2 Å². The Bertz CT molecular complexity index is 2540. The van der Waals surface area contributed by atoms with E-state index >= 15 is 0 Å². The molecule has 0 aliphatic heterocycles. The first-order valence-corrected chi connectivity index (χ1v) is 25.0. The molecule has 4 amide bonds. The van der Waals surface area contributed by atoms with Gasteiger partial charge in [-0.25, -0.2) is 0 Å². The Morgan fingerprint density at radius 1 is 0.622 bits per heavy atom. The third kappa shape index (κ3) is 15.2. The zero-order chi connectivity index (χ0) is 55.1. The lowest BCUT2D eigenvalue weighted by atomic mass is 10.0. The van der Waals surface area contributed by atoms with E-state index in [0.29, 0.717) is 64.0 Å². The van der Waals surface area contributed by atoms with Crippen LogP contribution in [0.2, 0.25) is 0 Å². The number of likely N-dealkylation sites (N-methyl/N-ethyl adjacent to an activating group) is 2. The number of benzene rings is 2. The Balaban J connectivity index is 1.56. The molecule has 0 saturated heterocycles. The molecule has 2 N–H and O–H groups in total. The second-order valence-corrected chi connectivity index (χ2v) is 19.8. The largest absolute Gasteiger partial charge is 0.496 e. The number of nitrogens with one attached hydrogen (secondary N) is 2. The van der Waals surface area contributed by atoms with Crippen molar-refractivity contribution in [3.63, 3.8) is 0 Å². The van der Waals surface area contributed by atoms with Crippen molar-refractivity contribution in [3.05, 3.63) is 59.4 Å². The average Bonchev–Trinajstić information content (AvgIpc) is 4.00. The molecular weight excluding hydrogens is 953 g/mol. The van der Waals surface area contributed by atoms with E-state index in [2.05, 4.69) is 24.5 Å². The molecule has 4 atom stereocenters. The average molecular weight is 1030 g/mol. The van der Waals surface area contributed by atoms with Gasteiger partial charge in [0.1, 0.15) is 54.8 Å². The van der Waals surface area contributed by atoms with Gasteiger partial charge in [0.25, 0.3) is 11.8 Å². The molecule has 0 saturated carbocycles. The lowest BCUT2D eigenvalue weighted by molar-refractivity contribution is -0.150. The molecule has 2 heterocycles. The number of carbonyl (C=O) groups is 6. The number of rotatable bonds is 27. The van der Waals surface area contributed by atoms with E-state index in [9.17, 15) is 28.8 Å². The molecule has 2 aromatic heterocycles. The van der Waals surface area contributed by atoms with Crippen molar-refractivity contribution in [3.8, 4) is 45.5 Å². The normalized spacial score (nSPS) is 12.9. The topological polar surface area (TPSA) is 224 Å². The number of carbonyl (C=O) groups excluding carboxylic acids is 6. The van der Waals surface area contributed by atoms with Gasteiger partial charge in [0.15, 0.2) is 11.4 Å². The third-order valence-electron chi connectivity index (χ3n) is 12.8. The summed E-state index contributed by atoms with van der Waals surface area (Å²) < 4.78 is 37.1. The molecule has 2 unspecified atom stereocenters. The fraction of sp³-hybridized carbons (Fsp3) is 0.556. The molecule has 0 spiro atoms. The van der Waals surface area contributed by atoms with Gasteiger partial charge in [-0.3, -0.25) is 38.1 Å². The molecule has 0 aliphatic rings. The van der Waals surface area contributed by atoms with Crippen molar-refractivity contribution in [1.29, 1.82) is 0 Å². The number of nitrogens with zero attached hydrogens (tertiary/aromatic N) is 6. The molecule has 0 bridgehead atoms. The van der Waals surface area contributed by atoms with Crippen molar-refractivity contribution >= 4 is 35.6 Å². The van der Waals surface area contributed by atoms with Crippen molar-refractivity contribution in [2.45, 2.75) is 113 Å². The molecule has 4 rings (SSSR count). The highest BCUT2D eigenvalue weighted by Gasteiger charge is 2.32. The molecule has 406 valence electrons. The van der Waals surface area contributed by atoms with Crippen LogP contribution in [-0.4, -0.2) is 140 Å². The fourth-order valence-corrected chi connectivity index (χ4v) is 8.18. The highest BCUT2D eigenvalue weighted by molar-refractivity contribution is 5.99. The maximum absolute atomic E-state index is 14.0. The summed E-state index contributed by atoms with van der Waals surface area (Å²) in [5.74, 6) is -1.34. The molecule has 20 nitrogen and oxygen atoms in total. The van der Waals surface area contributed by atoms with Crippen LogP contribution in [-0.2, 0) is 41.8 Å². The van der Waals surface area contributed by atoms with E-state index in [1.165, 1.54) is 45.2 Å². The molecular formula is C54H78N8O12. The van der Waals surface area contributed by atoms with Gasteiger partial charge in [-0.15, -0.1) is 0 Å². The molecule has 74 heavy (non-hydrogen) atoms. The minimum absolute atomic E-state index is 0.00436. The van der Waals surface area contributed by atoms with Crippen LogP contribution >= 0.6 is 0 Å². The van der Waals surface area contributed by atoms with Gasteiger partial charge in [0.2, 0.25) is 11.8 Å². The first kappa shape index (κ1) is 59.4. The minimum atomic E-state index is -0.993. The predicted octanol–water partition coefficient (Wildman–Crippen LogP) is 6.83. The maximum Gasteiger partial charge on any atom is 0.325 e. The Labute approximate surface area is 435 Å². The van der Waals surface area contributed by atoms with Gasteiger partial charge < -0.3 is 48.9 Å². The molecule has 2 aromatic carbocycles. The summed E-state index contributed by atoms with van der Waals surface area (Å²) in [5.41, 5.74) is 2.85. The molecule has 0 fully saturated rings. The lowest BCUT2D eigenvalue weighted by Gasteiger charge is -2.25. The number of methoxy groups -OCH3 is 5. The van der Waals surface area contributed by atoms with Gasteiger partial charge in [-0.05, 0) is 85.4 Å². The Hall–Kier alpha value is -7.12. The molecule has 0 aliphatic carbocycles. The second kappa shape index (κ2) is 27.2. The zero-order valence-corrected chi connectivity index (χ0v) is 46.1. The first-order chi connectivity index (χ1) is 35.0. The summed E-state index contributed by atoms with van der Waals surface area (Å²) in [6, 6.07) is 9.88.